The average Bonchev–Trinajstić information content (AvgIpc) is 3.47. The summed E-state index contributed by atoms with van der Waals surface area (Å²) in [5, 5.41) is 16.0. The molecule has 0 aromatic carbocycles. The van der Waals surface area contributed by atoms with Crippen molar-refractivity contribution >= 4 is 51.9 Å². The van der Waals surface area contributed by atoms with Gasteiger partial charge in [-0.15, -0.1) is 11.3 Å². The van der Waals surface area contributed by atoms with Crippen molar-refractivity contribution in [1.29, 1.82) is 0 Å². The average molecular weight is 493 g/mol. The van der Waals surface area contributed by atoms with E-state index in [-0.39, 0.29) is 6.04 Å². The molecular formula is C23H29ClN4O4S. The zero-order valence-corrected chi connectivity index (χ0v) is 20.3. The van der Waals surface area contributed by atoms with Crippen LogP contribution in [-0.2, 0) is 14.4 Å². The number of hydrogen-bond acceptors (Lipinski definition) is 6. The van der Waals surface area contributed by atoms with Crippen LogP contribution in [0.25, 0.3) is 0 Å². The van der Waals surface area contributed by atoms with Crippen LogP contribution in [0.3, 0.4) is 0 Å². The maximum absolute atomic E-state index is 12.9. The lowest BCUT2D eigenvalue weighted by Gasteiger charge is -2.28. The van der Waals surface area contributed by atoms with Gasteiger partial charge in [0, 0.05) is 11.1 Å². The normalized spacial score (nSPS) is 15.6. The van der Waals surface area contributed by atoms with Crippen molar-refractivity contribution in [2.75, 3.05) is 16.8 Å². The number of hydrogen-bond donors (Lipinski definition) is 3. The van der Waals surface area contributed by atoms with Gasteiger partial charge in [0.1, 0.15) is 12.6 Å². The highest BCUT2D eigenvalue weighted by Crippen LogP contribution is 2.36. The Bertz CT molecular complexity index is 993. The Kier molecular flexibility index (Phi) is 8.68. The van der Waals surface area contributed by atoms with Crippen LogP contribution < -0.4 is 15.5 Å². The number of thiophene rings is 1. The first-order chi connectivity index (χ1) is 15.8. The van der Waals surface area contributed by atoms with Crippen molar-refractivity contribution in [2.45, 2.75) is 58.0 Å². The molecule has 10 heteroatoms. The number of aliphatic carboxylic acids is 1. The molecule has 2 amide bonds. The van der Waals surface area contributed by atoms with E-state index < -0.39 is 24.5 Å². The van der Waals surface area contributed by atoms with Crippen LogP contribution in [-0.4, -0.2) is 41.0 Å². The molecule has 2 atom stereocenters. The highest BCUT2D eigenvalue weighted by atomic mass is 35.5. The molecule has 1 aliphatic carbocycles. The monoisotopic (exact) mass is 492 g/mol. The van der Waals surface area contributed by atoms with E-state index >= 15 is 0 Å². The maximum atomic E-state index is 12.9. The molecule has 1 aliphatic rings. The lowest BCUT2D eigenvalue weighted by molar-refractivity contribution is -0.138. The summed E-state index contributed by atoms with van der Waals surface area (Å²) in [5.74, 6) is -1.23. The molecule has 0 bridgehead atoms. The third kappa shape index (κ3) is 6.68. The minimum atomic E-state index is -1.12. The SMILES string of the molecule is Cc1ncc(Cl)cc1N[C@@H](C)c1ccc(N(C=O)[C@@H](CC2CCCC2)C(=O)NCC(=O)O)s1. The molecule has 8 nitrogen and oxygen atoms in total. The number of amides is 2. The fourth-order valence-corrected chi connectivity index (χ4v) is 5.32. The Morgan fingerprint density at radius 1 is 1.36 bits per heavy atom. The Labute approximate surface area is 202 Å². The van der Waals surface area contributed by atoms with Gasteiger partial charge >= 0.3 is 5.97 Å². The Balaban J connectivity index is 1.78. The quantitative estimate of drug-likeness (QED) is 0.401. The van der Waals surface area contributed by atoms with E-state index in [9.17, 15) is 14.4 Å². The van der Waals surface area contributed by atoms with E-state index in [1.165, 1.54) is 16.2 Å². The van der Waals surface area contributed by atoms with E-state index in [1.54, 1.807) is 6.20 Å². The molecule has 0 saturated heterocycles. The summed E-state index contributed by atoms with van der Waals surface area (Å²) in [4.78, 5) is 42.6. The molecule has 1 fully saturated rings. The van der Waals surface area contributed by atoms with Gasteiger partial charge in [-0.2, -0.15) is 0 Å². The van der Waals surface area contributed by atoms with E-state index in [0.29, 0.717) is 28.8 Å². The van der Waals surface area contributed by atoms with Crippen molar-refractivity contribution in [3.05, 3.63) is 40.0 Å². The first-order valence-corrected chi connectivity index (χ1v) is 12.2. The summed E-state index contributed by atoms with van der Waals surface area (Å²) in [6.07, 6.45) is 7.02. The molecular weight excluding hydrogens is 464 g/mol. The van der Waals surface area contributed by atoms with Crippen molar-refractivity contribution in [3.8, 4) is 0 Å². The first kappa shape index (κ1) is 25.0. The number of anilines is 2. The van der Waals surface area contributed by atoms with E-state index in [1.807, 2.05) is 32.0 Å². The molecule has 1 saturated carbocycles. The fourth-order valence-electron chi connectivity index (χ4n) is 4.14. The van der Waals surface area contributed by atoms with Crippen LogP contribution in [0.2, 0.25) is 5.02 Å². The minimum Gasteiger partial charge on any atom is -0.480 e. The van der Waals surface area contributed by atoms with Gasteiger partial charge in [0.05, 0.1) is 27.4 Å². The molecule has 2 aromatic heterocycles. The van der Waals surface area contributed by atoms with Crippen LogP contribution in [0.5, 0.6) is 0 Å². The van der Waals surface area contributed by atoms with E-state index in [4.69, 9.17) is 16.7 Å². The number of carboxylic acid groups (broad SMARTS) is 1. The topological polar surface area (TPSA) is 112 Å². The van der Waals surface area contributed by atoms with Crippen LogP contribution in [0, 0.1) is 12.8 Å². The number of aryl methyl sites for hydroxylation is 1. The Morgan fingerprint density at radius 2 is 2.09 bits per heavy atom. The van der Waals surface area contributed by atoms with Gasteiger partial charge in [-0.3, -0.25) is 24.3 Å². The molecule has 33 heavy (non-hydrogen) atoms. The number of carboxylic acids is 1. The second kappa shape index (κ2) is 11.5. The third-order valence-electron chi connectivity index (χ3n) is 5.92. The van der Waals surface area contributed by atoms with E-state index in [2.05, 4.69) is 15.6 Å². The molecule has 2 aromatic rings. The van der Waals surface area contributed by atoms with Crippen LogP contribution in [0.1, 0.15) is 55.6 Å². The van der Waals surface area contributed by atoms with Gasteiger partial charge in [0.2, 0.25) is 12.3 Å². The summed E-state index contributed by atoms with van der Waals surface area (Å²) in [7, 11) is 0. The lowest BCUT2D eigenvalue weighted by Crippen LogP contribution is -2.48. The third-order valence-corrected chi connectivity index (χ3v) is 7.40. The van der Waals surface area contributed by atoms with Crippen molar-refractivity contribution < 1.29 is 19.5 Å². The molecule has 3 N–H and O–H groups in total. The molecule has 2 heterocycles. The molecule has 0 spiro atoms. The van der Waals surface area contributed by atoms with Crippen LogP contribution in [0.15, 0.2) is 24.4 Å². The minimum absolute atomic E-state index is 0.0784. The number of carbonyl (C=O) groups is 3. The summed E-state index contributed by atoms with van der Waals surface area (Å²) in [6.45, 7) is 3.41. The Morgan fingerprint density at radius 3 is 2.76 bits per heavy atom. The van der Waals surface area contributed by atoms with Gasteiger partial charge in [-0.1, -0.05) is 37.3 Å². The molecule has 3 rings (SSSR count). The second-order valence-electron chi connectivity index (χ2n) is 8.35. The predicted molar refractivity (Wildman–Crippen MR) is 130 cm³/mol. The molecule has 0 aliphatic heterocycles. The molecule has 0 unspecified atom stereocenters. The van der Waals surface area contributed by atoms with Gasteiger partial charge in [-0.25, -0.2) is 0 Å². The number of nitrogens with one attached hydrogen (secondary N) is 2. The summed E-state index contributed by atoms with van der Waals surface area (Å²) >= 11 is 7.48. The summed E-state index contributed by atoms with van der Waals surface area (Å²) in [6, 6.07) is 4.73. The first-order valence-electron chi connectivity index (χ1n) is 11.0. The number of carbonyl (C=O) groups excluding carboxylic acids is 2. The van der Waals surface area contributed by atoms with Crippen molar-refractivity contribution in [1.82, 2.24) is 10.3 Å². The number of nitrogens with zero attached hydrogens (tertiary/aromatic N) is 2. The fraction of sp³-hybridized carbons (Fsp3) is 0.478. The van der Waals surface area contributed by atoms with Crippen molar-refractivity contribution in [3.63, 3.8) is 0 Å². The van der Waals surface area contributed by atoms with Gasteiger partial charge < -0.3 is 15.7 Å². The highest BCUT2D eigenvalue weighted by Gasteiger charge is 2.31. The smallest absolute Gasteiger partial charge is 0.322 e. The second-order valence-corrected chi connectivity index (χ2v) is 9.88. The standard InChI is InChI=1S/C23H29ClN4O4S/c1-14-18(10-17(24)11-25-14)27-15(2)20-7-8-21(33-20)28(13-29)19(9-16-5-3-4-6-16)23(32)26-12-22(30)31/h7-8,10-11,13,15-16,19,27H,3-6,9,12H2,1-2H3,(H,26,32)(H,30,31)/t15-,19-/m0/s1. The lowest BCUT2D eigenvalue weighted by atomic mass is 9.97. The summed E-state index contributed by atoms with van der Waals surface area (Å²) in [5.41, 5.74) is 1.65. The largest absolute Gasteiger partial charge is 0.480 e. The Hall–Kier alpha value is -2.65. The van der Waals surface area contributed by atoms with Gasteiger partial charge in [-0.05, 0) is 44.4 Å². The van der Waals surface area contributed by atoms with Crippen LogP contribution in [0.4, 0.5) is 10.7 Å². The molecule has 0 radical (unpaired) electrons. The zero-order chi connectivity index (χ0) is 24.0. The van der Waals surface area contributed by atoms with Crippen molar-refractivity contribution in [2.24, 2.45) is 5.92 Å². The van der Waals surface area contributed by atoms with E-state index in [0.717, 1.165) is 41.9 Å². The number of rotatable bonds is 11. The number of pyridine rings is 1. The highest BCUT2D eigenvalue weighted by molar-refractivity contribution is 7.16. The molecule has 178 valence electrons. The van der Waals surface area contributed by atoms with Gasteiger partial charge in [0.25, 0.3) is 0 Å². The number of halogens is 1. The number of aromatic nitrogens is 1. The predicted octanol–water partition coefficient (Wildman–Crippen LogP) is 4.39. The zero-order valence-electron chi connectivity index (χ0n) is 18.7. The summed E-state index contributed by atoms with van der Waals surface area (Å²) < 4.78 is 0. The maximum Gasteiger partial charge on any atom is 0.322 e. The van der Waals surface area contributed by atoms with Crippen LogP contribution >= 0.6 is 22.9 Å². The van der Waals surface area contributed by atoms with Gasteiger partial charge in [0.15, 0.2) is 0 Å².